The van der Waals surface area contributed by atoms with Crippen molar-refractivity contribution >= 4 is 40.0 Å². The fourth-order valence-corrected chi connectivity index (χ4v) is 2.72. The minimum atomic E-state index is -0.491. The van der Waals surface area contributed by atoms with Crippen molar-refractivity contribution < 1.29 is 4.79 Å². The van der Waals surface area contributed by atoms with E-state index in [1.807, 2.05) is 13.8 Å². The van der Waals surface area contributed by atoms with Gasteiger partial charge in [0.05, 0.1) is 22.0 Å². The zero-order valence-electron chi connectivity index (χ0n) is 11.8. The number of pyridine rings is 1. The van der Waals surface area contributed by atoms with Gasteiger partial charge in [-0.15, -0.1) is 0 Å². The van der Waals surface area contributed by atoms with Gasteiger partial charge in [0.15, 0.2) is 5.43 Å². The van der Waals surface area contributed by atoms with E-state index in [-0.39, 0.29) is 17.8 Å². The number of carbonyl (C=O) groups excluding carboxylic acids is 1. The van der Waals surface area contributed by atoms with Crippen molar-refractivity contribution in [3.05, 3.63) is 43.7 Å². The number of amides is 1. The van der Waals surface area contributed by atoms with Crippen LogP contribution in [0.25, 0.3) is 10.9 Å². The molecule has 112 valence electrons. The second kappa shape index (κ2) is 6.08. The Morgan fingerprint density at radius 2 is 1.95 bits per heavy atom. The van der Waals surface area contributed by atoms with Crippen molar-refractivity contribution in [2.24, 2.45) is 5.73 Å². The highest BCUT2D eigenvalue weighted by Gasteiger charge is 2.18. The van der Waals surface area contributed by atoms with E-state index in [1.54, 1.807) is 12.1 Å². The van der Waals surface area contributed by atoms with E-state index in [2.05, 4.69) is 4.98 Å². The number of nitrogens with two attached hydrogens (primary N) is 1. The molecule has 0 aliphatic carbocycles. The van der Waals surface area contributed by atoms with Gasteiger partial charge < -0.3 is 10.7 Å². The highest BCUT2D eigenvalue weighted by Crippen LogP contribution is 2.28. The second-order valence-electron chi connectivity index (χ2n) is 5.11. The van der Waals surface area contributed by atoms with Crippen molar-refractivity contribution in [3.63, 3.8) is 0 Å². The first kappa shape index (κ1) is 15.9. The highest BCUT2D eigenvalue weighted by molar-refractivity contribution is 6.42. The van der Waals surface area contributed by atoms with Crippen molar-refractivity contribution in [2.45, 2.75) is 32.6 Å². The maximum absolute atomic E-state index is 12.7. The van der Waals surface area contributed by atoms with Crippen LogP contribution in [-0.2, 0) is 11.2 Å². The first-order valence-electron chi connectivity index (χ1n) is 6.67. The summed E-state index contributed by atoms with van der Waals surface area (Å²) in [6, 6.07) is 3.14. The molecular weight excluding hydrogens is 311 g/mol. The fourth-order valence-electron chi connectivity index (χ4n) is 2.39. The summed E-state index contributed by atoms with van der Waals surface area (Å²) in [6.45, 7) is 3.93. The quantitative estimate of drug-likeness (QED) is 0.903. The van der Waals surface area contributed by atoms with Gasteiger partial charge in [0, 0.05) is 16.6 Å². The molecule has 0 radical (unpaired) electrons. The Morgan fingerprint density at radius 3 is 2.52 bits per heavy atom. The number of aromatic nitrogens is 1. The second-order valence-corrected chi connectivity index (χ2v) is 5.93. The Hall–Kier alpha value is -1.52. The Bertz CT molecular complexity index is 768. The van der Waals surface area contributed by atoms with E-state index in [9.17, 15) is 9.59 Å². The molecule has 6 heteroatoms. The molecule has 4 nitrogen and oxygen atoms in total. The Labute approximate surface area is 132 Å². The summed E-state index contributed by atoms with van der Waals surface area (Å²) >= 11 is 12.0. The van der Waals surface area contributed by atoms with Gasteiger partial charge in [-0.2, -0.15) is 0 Å². The Kier molecular flexibility index (Phi) is 4.59. The molecule has 1 aromatic heterocycles. The van der Waals surface area contributed by atoms with E-state index >= 15 is 0 Å². The average Bonchev–Trinajstić information content (AvgIpc) is 2.40. The van der Waals surface area contributed by atoms with Crippen molar-refractivity contribution in [1.29, 1.82) is 0 Å². The minimum Gasteiger partial charge on any atom is -0.369 e. The Morgan fingerprint density at radius 1 is 1.33 bits per heavy atom. The third-order valence-electron chi connectivity index (χ3n) is 3.62. The lowest BCUT2D eigenvalue weighted by Gasteiger charge is -2.15. The molecule has 2 rings (SSSR count). The molecular formula is C15H16Cl2N2O2. The van der Waals surface area contributed by atoms with Crippen LogP contribution in [0.4, 0.5) is 0 Å². The van der Waals surface area contributed by atoms with Crippen LogP contribution in [0.3, 0.4) is 0 Å². The number of primary amides is 1. The van der Waals surface area contributed by atoms with Gasteiger partial charge in [0.25, 0.3) is 0 Å². The summed E-state index contributed by atoms with van der Waals surface area (Å²) < 4.78 is 0. The van der Waals surface area contributed by atoms with Crippen LogP contribution in [-0.4, -0.2) is 10.9 Å². The molecule has 21 heavy (non-hydrogen) atoms. The van der Waals surface area contributed by atoms with Crippen LogP contribution in [0.15, 0.2) is 16.9 Å². The normalized spacial score (nSPS) is 12.6. The van der Waals surface area contributed by atoms with E-state index in [0.29, 0.717) is 32.2 Å². The van der Waals surface area contributed by atoms with Gasteiger partial charge in [0.1, 0.15) is 0 Å². The van der Waals surface area contributed by atoms with E-state index < -0.39 is 5.91 Å². The monoisotopic (exact) mass is 326 g/mol. The molecule has 0 aliphatic heterocycles. The maximum Gasteiger partial charge on any atom is 0.223 e. The van der Waals surface area contributed by atoms with Crippen LogP contribution in [0, 0.1) is 0 Å². The fraction of sp³-hybridized carbons (Fsp3) is 0.333. The SMILES string of the molecule is CCC(C)c1c(CC(N)=O)[nH]c2cc(Cl)c(Cl)cc2c1=O. The molecule has 0 aliphatic rings. The number of benzene rings is 1. The van der Waals surface area contributed by atoms with Crippen LogP contribution in [0.5, 0.6) is 0 Å². The van der Waals surface area contributed by atoms with Crippen molar-refractivity contribution in [2.75, 3.05) is 0 Å². The zero-order valence-corrected chi connectivity index (χ0v) is 13.3. The number of aromatic amines is 1. The number of hydrogen-bond donors (Lipinski definition) is 2. The molecule has 0 saturated heterocycles. The highest BCUT2D eigenvalue weighted by atomic mass is 35.5. The molecule has 0 saturated carbocycles. The summed E-state index contributed by atoms with van der Waals surface area (Å²) in [6.07, 6.45) is 0.771. The van der Waals surface area contributed by atoms with Gasteiger partial charge in [0.2, 0.25) is 5.91 Å². The summed E-state index contributed by atoms with van der Waals surface area (Å²) in [5.41, 5.74) is 6.83. The molecule has 1 aromatic carbocycles. The lowest BCUT2D eigenvalue weighted by molar-refractivity contribution is -0.117. The summed E-state index contributed by atoms with van der Waals surface area (Å²) in [5.74, 6) is -0.475. The van der Waals surface area contributed by atoms with Gasteiger partial charge in [-0.1, -0.05) is 37.0 Å². The number of nitrogens with one attached hydrogen (secondary N) is 1. The smallest absolute Gasteiger partial charge is 0.223 e. The minimum absolute atomic E-state index is 0.00883. The topological polar surface area (TPSA) is 76.0 Å². The predicted molar refractivity (Wildman–Crippen MR) is 86.2 cm³/mol. The van der Waals surface area contributed by atoms with Crippen molar-refractivity contribution in [3.8, 4) is 0 Å². The molecule has 3 N–H and O–H groups in total. The standard InChI is InChI=1S/C15H16Cl2N2O2/c1-3-7(2)14-12(6-13(18)20)19-11-5-10(17)9(16)4-8(11)15(14)21/h4-5,7H,3,6H2,1-2H3,(H2,18,20)(H,19,21). The lowest BCUT2D eigenvalue weighted by Crippen LogP contribution is -2.22. The Balaban J connectivity index is 2.83. The predicted octanol–water partition coefficient (Wildman–Crippen LogP) is 3.38. The lowest BCUT2D eigenvalue weighted by atomic mass is 9.93. The maximum atomic E-state index is 12.7. The molecule has 0 bridgehead atoms. The molecule has 1 unspecified atom stereocenters. The number of carbonyl (C=O) groups is 1. The van der Waals surface area contributed by atoms with Gasteiger partial charge >= 0.3 is 0 Å². The zero-order chi connectivity index (χ0) is 15.7. The third-order valence-corrected chi connectivity index (χ3v) is 4.34. The third kappa shape index (κ3) is 3.06. The number of hydrogen-bond acceptors (Lipinski definition) is 2. The molecule has 0 spiro atoms. The first-order chi connectivity index (χ1) is 9.85. The van der Waals surface area contributed by atoms with Crippen LogP contribution < -0.4 is 11.2 Å². The number of halogens is 2. The van der Waals surface area contributed by atoms with Gasteiger partial charge in [-0.05, 0) is 24.5 Å². The molecule has 1 heterocycles. The summed E-state index contributed by atoms with van der Waals surface area (Å²) in [5, 5.41) is 1.14. The van der Waals surface area contributed by atoms with Gasteiger partial charge in [-0.3, -0.25) is 9.59 Å². The number of rotatable bonds is 4. The number of H-pyrrole nitrogens is 1. The summed E-state index contributed by atoms with van der Waals surface area (Å²) in [4.78, 5) is 27.1. The van der Waals surface area contributed by atoms with Gasteiger partial charge in [-0.25, -0.2) is 0 Å². The molecule has 2 aromatic rings. The molecule has 0 fully saturated rings. The van der Waals surface area contributed by atoms with E-state index in [4.69, 9.17) is 28.9 Å². The van der Waals surface area contributed by atoms with Crippen LogP contribution in [0.2, 0.25) is 10.0 Å². The summed E-state index contributed by atoms with van der Waals surface area (Å²) in [7, 11) is 0. The average molecular weight is 327 g/mol. The molecule has 1 atom stereocenters. The van der Waals surface area contributed by atoms with E-state index in [1.165, 1.54) is 0 Å². The first-order valence-corrected chi connectivity index (χ1v) is 7.42. The molecule has 1 amide bonds. The van der Waals surface area contributed by atoms with Crippen LogP contribution in [0.1, 0.15) is 37.4 Å². The van der Waals surface area contributed by atoms with Crippen LogP contribution >= 0.6 is 23.2 Å². The number of fused-ring (bicyclic) bond motifs is 1. The van der Waals surface area contributed by atoms with E-state index in [0.717, 1.165) is 6.42 Å². The largest absolute Gasteiger partial charge is 0.369 e. The van der Waals surface area contributed by atoms with Crippen molar-refractivity contribution in [1.82, 2.24) is 4.98 Å².